The van der Waals surface area contributed by atoms with Crippen LogP contribution in [0.15, 0.2) is 82.8 Å². The maximum atomic E-state index is 12.8. The largest absolute Gasteiger partial charge is 0.493 e. The Hall–Kier alpha value is -3.78. The molecule has 0 atom stereocenters. The van der Waals surface area contributed by atoms with E-state index < -0.39 is 11.8 Å². The highest BCUT2D eigenvalue weighted by Gasteiger charge is 2.34. The predicted molar refractivity (Wildman–Crippen MR) is 128 cm³/mol. The van der Waals surface area contributed by atoms with Gasteiger partial charge in [0.15, 0.2) is 11.5 Å². The van der Waals surface area contributed by atoms with Crippen LogP contribution in [-0.4, -0.2) is 32.1 Å². The summed E-state index contributed by atoms with van der Waals surface area (Å²) in [5.74, 6) is 0.821. The number of methoxy groups -OCH3 is 1. The molecule has 4 rings (SSSR count). The van der Waals surface area contributed by atoms with E-state index in [1.165, 1.54) is 18.2 Å². The fourth-order valence-electron chi connectivity index (χ4n) is 3.27. The molecule has 1 aliphatic rings. The van der Waals surface area contributed by atoms with Crippen molar-refractivity contribution < 1.29 is 23.8 Å². The predicted octanol–water partition coefficient (Wildman–Crippen LogP) is 4.38. The van der Waals surface area contributed by atoms with E-state index in [2.05, 4.69) is 21.4 Å². The molecular weight excluding hydrogens is 488 g/mol. The van der Waals surface area contributed by atoms with E-state index in [-0.39, 0.29) is 5.57 Å². The first-order valence-corrected chi connectivity index (χ1v) is 11.0. The Morgan fingerprint density at radius 1 is 0.939 bits per heavy atom. The van der Waals surface area contributed by atoms with Gasteiger partial charge >= 0.3 is 0 Å². The Labute approximate surface area is 199 Å². The third-order valence-corrected chi connectivity index (χ3v) is 5.40. The van der Waals surface area contributed by atoms with Crippen molar-refractivity contribution in [2.75, 3.05) is 25.3 Å². The lowest BCUT2D eigenvalue weighted by Gasteiger charge is -2.14. The third-order valence-electron chi connectivity index (χ3n) is 4.81. The van der Waals surface area contributed by atoms with Gasteiger partial charge in [-0.05, 0) is 64.0 Å². The van der Waals surface area contributed by atoms with E-state index >= 15 is 0 Å². The number of hydrogen-bond donors (Lipinski definition) is 1. The monoisotopic (exact) mass is 508 g/mol. The van der Waals surface area contributed by atoms with Crippen molar-refractivity contribution in [2.45, 2.75) is 0 Å². The molecule has 1 N–H and O–H groups in total. The van der Waals surface area contributed by atoms with Crippen molar-refractivity contribution >= 4 is 39.5 Å². The Balaban J connectivity index is 1.48. The summed E-state index contributed by atoms with van der Waals surface area (Å²) in [7, 11) is 1.52. The standard InChI is InChI=1S/C25H21BrN2O5/c1-31-22-16-17(14-20-24(29)27-28(25(20)30)18-8-4-2-5-9-18)15-21(26)23(22)33-13-12-32-19-10-6-3-7-11-19/h2-11,14-16H,12-13H2,1H3,(H,27,29)/b20-14-. The molecule has 1 heterocycles. The van der Waals surface area contributed by atoms with Crippen molar-refractivity contribution in [3.8, 4) is 17.2 Å². The lowest BCUT2D eigenvalue weighted by molar-refractivity contribution is -0.117. The Kier molecular flexibility index (Phi) is 6.95. The maximum absolute atomic E-state index is 12.8. The zero-order chi connectivity index (χ0) is 23.2. The molecule has 3 aromatic rings. The molecule has 0 aliphatic carbocycles. The number of nitrogens with one attached hydrogen (secondary N) is 1. The molecule has 33 heavy (non-hydrogen) atoms. The van der Waals surface area contributed by atoms with Gasteiger partial charge in [-0.3, -0.25) is 15.0 Å². The number of ether oxygens (including phenoxy) is 3. The van der Waals surface area contributed by atoms with Crippen LogP contribution in [0.5, 0.6) is 17.2 Å². The summed E-state index contributed by atoms with van der Waals surface area (Å²) in [6, 6.07) is 21.8. The first-order valence-electron chi connectivity index (χ1n) is 10.2. The molecule has 0 unspecified atom stereocenters. The first kappa shape index (κ1) is 22.4. The van der Waals surface area contributed by atoms with Gasteiger partial charge in [0, 0.05) is 0 Å². The van der Waals surface area contributed by atoms with Crippen LogP contribution in [0, 0.1) is 0 Å². The second-order valence-electron chi connectivity index (χ2n) is 7.02. The second kappa shape index (κ2) is 10.2. The molecule has 1 aliphatic heterocycles. The molecule has 2 amide bonds. The summed E-state index contributed by atoms with van der Waals surface area (Å²) >= 11 is 3.49. The Morgan fingerprint density at radius 3 is 2.30 bits per heavy atom. The average Bonchev–Trinajstić information content (AvgIpc) is 3.12. The summed E-state index contributed by atoms with van der Waals surface area (Å²) in [4.78, 5) is 25.3. The van der Waals surface area contributed by atoms with Crippen molar-refractivity contribution in [1.29, 1.82) is 0 Å². The summed E-state index contributed by atoms with van der Waals surface area (Å²) in [6.45, 7) is 0.659. The van der Waals surface area contributed by atoms with Gasteiger partial charge in [-0.1, -0.05) is 36.4 Å². The zero-order valence-electron chi connectivity index (χ0n) is 17.8. The number of rotatable bonds is 8. The molecule has 168 valence electrons. The molecule has 0 spiro atoms. The molecule has 0 saturated carbocycles. The smallest absolute Gasteiger partial charge is 0.282 e. The first-order chi connectivity index (χ1) is 16.1. The highest BCUT2D eigenvalue weighted by molar-refractivity contribution is 9.10. The SMILES string of the molecule is COc1cc(/C=C2/C(=O)NN(c3ccccc3)C2=O)cc(Br)c1OCCOc1ccccc1. The Morgan fingerprint density at radius 2 is 1.61 bits per heavy atom. The topological polar surface area (TPSA) is 77.1 Å². The quantitative estimate of drug-likeness (QED) is 0.277. The van der Waals surface area contributed by atoms with Crippen LogP contribution in [-0.2, 0) is 9.59 Å². The Bertz CT molecular complexity index is 1180. The minimum absolute atomic E-state index is 0.0257. The molecule has 0 bridgehead atoms. The van der Waals surface area contributed by atoms with Crippen LogP contribution in [0.1, 0.15) is 5.56 Å². The molecule has 3 aromatic carbocycles. The van der Waals surface area contributed by atoms with Gasteiger partial charge in [-0.2, -0.15) is 0 Å². The van der Waals surface area contributed by atoms with Gasteiger partial charge in [0.1, 0.15) is 24.5 Å². The molecule has 8 heteroatoms. The maximum Gasteiger partial charge on any atom is 0.282 e. The van der Waals surface area contributed by atoms with Crippen LogP contribution < -0.4 is 24.6 Å². The number of benzene rings is 3. The van der Waals surface area contributed by atoms with Crippen LogP contribution in [0.2, 0.25) is 0 Å². The van der Waals surface area contributed by atoms with Crippen molar-refractivity contribution in [2.24, 2.45) is 0 Å². The average molecular weight is 509 g/mol. The highest BCUT2D eigenvalue weighted by Crippen LogP contribution is 2.37. The van der Waals surface area contributed by atoms with Gasteiger partial charge in [0.05, 0.1) is 17.3 Å². The number of para-hydroxylation sites is 2. The summed E-state index contributed by atoms with van der Waals surface area (Å²) < 4.78 is 17.6. The number of hydrazine groups is 1. The van der Waals surface area contributed by atoms with Crippen LogP contribution >= 0.6 is 15.9 Å². The van der Waals surface area contributed by atoms with E-state index in [4.69, 9.17) is 14.2 Å². The number of nitrogens with zero attached hydrogens (tertiary/aromatic N) is 1. The molecule has 1 saturated heterocycles. The molecule has 0 aromatic heterocycles. The number of carbonyl (C=O) groups is 2. The molecule has 1 fully saturated rings. The van der Waals surface area contributed by atoms with E-state index in [1.54, 1.807) is 36.4 Å². The number of carbonyl (C=O) groups excluding carboxylic acids is 2. The van der Waals surface area contributed by atoms with Crippen LogP contribution in [0.25, 0.3) is 6.08 Å². The van der Waals surface area contributed by atoms with E-state index in [0.29, 0.717) is 40.4 Å². The minimum Gasteiger partial charge on any atom is -0.493 e. The molecule has 7 nitrogen and oxygen atoms in total. The summed E-state index contributed by atoms with van der Waals surface area (Å²) in [5.41, 5.74) is 3.81. The van der Waals surface area contributed by atoms with Gasteiger partial charge in [-0.25, -0.2) is 5.01 Å². The minimum atomic E-state index is -0.475. The van der Waals surface area contributed by atoms with Crippen molar-refractivity contribution in [3.63, 3.8) is 0 Å². The number of hydrogen-bond acceptors (Lipinski definition) is 5. The van der Waals surface area contributed by atoms with Gasteiger partial charge in [-0.15, -0.1) is 0 Å². The van der Waals surface area contributed by atoms with Crippen molar-refractivity contribution in [1.82, 2.24) is 5.43 Å². The third kappa shape index (κ3) is 5.18. The van der Waals surface area contributed by atoms with Gasteiger partial charge < -0.3 is 14.2 Å². The highest BCUT2D eigenvalue weighted by atomic mass is 79.9. The van der Waals surface area contributed by atoms with E-state index in [1.807, 2.05) is 36.4 Å². The van der Waals surface area contributed by atoms with Crippen LogP contribution in [0.3, 0.4) is 0 Å². The molecular formula is C25H21BrN2O5. The fraction of sp³-hybridized carbons (Fsp3) is 0.120. The van der Waals surface area contributed by atoms with Gasteiger partial charge in [0.25, 0.3) is 11.8 Å². The number of halogens is 1. The summed E-state index contributed by atoms with van der Waals surface area (Å²) in [5, 5.41) is 1.23. The zero-order valence-corrected chi connectivity index (χ0v) is 19.4. The summed E-state index contributed by atoms with van der Waals surface area (Å²) in [6.07, 6.45) is 1.52. The normalized spacial score (nSPS) is 14.4. The lowest BCUT2D eigenvalue weighted by atomic mass is 10.1. The van der Waals surface area contributed by atoms with E-state index in [9.17, 15) is 9.59 Å². The van der Waals surface area contributed by atoms with E-state index in [0.717, 1.165) is 5.75 Å². The lowest BCUT2D eigenvalue weighted by Crippen LogP contribution is -2.35. The number of anilines is 1. The molecule has 0 radical (unpaired) electrons. The van der Waals surface area contributed by atoms with Gasteiger partial charge in [0.2, 0.25) is 0 Å². The van der Waals surface area contributed by atoms with Crippen molar-refractivity contribution in [3.05, 3.63) is 88.4 Å². The fourth-order valence-corrected chi connectivity index (χ4v) is 3.84. The second-order valence-corrected chi connectivity index (χ2v) is 7.87. The number of amides is 2. The van der Waals surface area contributed by atoms with Crippen LogP contribution in [0.4, 0.5) is 5.69 Å².